The molecule has 0 spiro atoms. The average molecular weight is 633 g/mol. The van der Waals surface area contributed by atoms with Gasteiger partial charge in [0, 0.05) is 46.4 Å². The molecule has 2 saturated heterocycles. The molecule has 0 saturated carbocycles. The smallest absolute Gasteiger partial charge is 0.284 e. The lowest BCUT2D eigenvalue weighted by atomic mass is 10.0. The molecular formula is C31H37ClN10O3. The molecule has 0 atom stereocenters. The van der Waals surface area contributed by atoms with Crippen molar-refractivity contribution in [2.45, 2.75) is 44.8 Å². The first kappa shape index (κ1) is 30.5. The van der Waals surface area contributed by atoms with Gasteiger partial charge < -0.3 is 25.6 Å². The van der Waals surface area contributed by atoms with Crippen molar-refractivity contribution in [2.24, 2.45) is 7.05 Å². The molecule has 45 heavy (non-hydrogen) atoms. The van der Waals surface area contributed by atoms with Crippen LogP contribution in [0.25, 0.3) is 17.1 Å². The Morgan fingerprint density at radius 1 is 1.00 bits per heavy atom. The highest BCUT2D eigenvalue weighted by atomic mass is 35.5. The number of nitrogen functional groups attached to an aromatic ring is 1. The Kier molecular flexibility index (Phi) is 8.72. The van der Waals surface area contributed by atoms with E-state index in [1.165, 1.54) is 4.68 Å². The fourth-order valence-electron chi connectivity index (χ4n) is 6.05. The molecule has 2 aliphatic rings. The van der Waals surface area contributed by atoms with Crippen LogP contribution in [0.3, 0.4) is 0 Å². The summed E-state index contributed by atoms with van der Waals surface area (Å²) >= 11 is 6.36. The van der Waals surface area contributed by atoms with Gasteiger partial charge in [0.1, 0.15) is 28.6 Å². The second kappa shape index (κ2) is 12.9. The molecule has 3 N–H and O–H groups in total. The Labute approximate surface area is 266 Å². The molecule has 1 aromatic carbocycles. The first-order chi connectivity index (χ1) is 21.7. The van der Waals surface area contributed by atoms with Crippen LogP contribution in [0.15, 0.2) is 47.7 Å². The van der Waals surface area contributed by atoms with E-state index in [9.17, 15) is 9.59 Å². The lowest BCUT2D eigenvalue weighted by Gasteiger charge is -2.33. The van der Waals surface area contributed by atoms with Crippen LogP contribution in [0.4, 0.5) is 17.5 Å². The van der Waals surface area contributed by atoms with Crippen LogP contribution in [0.1, 0.15) is 41.7 Å². The molecule has 4 aromatic rings. The summed E-state index contributed by atoms with van der Waals surface area (Å²) in [6, 6.07) is 6.96. The third kappa shape index (κ3) is 6.09. The number of para-hydroxylation sites is 1. The third-order valence-corrected chi connectivity index (χ3v) is 9.09. The second-order valence-electron chi connectivity index (χ2n) is 11.4. The average Bonchev–Trinajstić information content (AvgIpc) is 3.28. The predicted molar refractivity (Wildman–Crippen MR) is 173 cm³/mol. The van der Waals surface area contributed by atoms with Crippen LogP contribution >= 0.6 is 11.6 Å². The van der Waals surface area contributed by atoms with Crippen LogP contribution in [0.5, 0.6) is 0 Å². The first-order valence-corrected chi connectivity index (χ1v) is 15.4. The normalized spacial score (nSPS) is 16.3. The molecule has 0 aliphatic carbocycles. The van der Waals surface area contributed by atoms with Gasteiger partial charge in [-0.3, -0.25) is 19.3 Å². The number of halogens is 1. The minimum absolute atomic E-state index is 0.104. The summed E-state index contributed by atoms with van der Waals surface area (Å²) in [4.78, 5) is 49.5. The molecule has 3 aromatic heterocycles. The van der Waals surface area contributed by atoms with Crippen molar-refractivity contribution in [2.75, 3.05) is 48.8 Å². The summed E-state index contributed by atoms with van der Waals surface area (Å²) in [5, 5.41) is 3.50. The second-order valence-corrected chi connectivity index (χ2v) is 11.8. The Bertz CT molecular complexity index is 1760. The number of carbonyl (C=O) groups excluding carboxylic acids is 1. The van der Waals surface area contributed by atoms with Crippen LogP contribution in [-0.4, -0.2) is 80.6 Å². The number of nitrogens with one attached hydrogen (secondary N) is 1. The summed E-state index contributed by atoms with van der Waals surface area (Å²) < 4.78 is 8.57. The van der Waals surface area contributed by atoms with Crippen LogP contribution in [-0.2, 0) is 11.8 Å². The SMILES string of the molecule is COC1CCN(c2cncc(-c3nc(N4CCC(NC(=O)c5c(C)n(C)n(-c6ccccc6Cl)c5=O)CC4)cnc3N)n2)CC1. The number of piperidine rings is 2. The van der Waals surface area contributed by atoms with Crippen LogP contribution in [0, 0.1) is 6.92 Å². The van der Waals surface area contributed by atoms with E-state index in [0.717, 1.165) is 31.7 Å². The van der Waals surface area contributed by atoms with Gasteiger partial charge in [-0.05, 0) is 44.7 Å². The molecule has 0 bridgehead atoms. The number of hydrogen-bond donors (Lipinski definition) is 2. The van der Waals surface area contributed by atoms with Crippen molar-refractivity contribution in [3.63, 3.8) is 0 Å². The molecule has 1 amide bonds. The summed E-state index contributed by atoms with van der Waals surface area (Å²) in [6.07, 6.45) is 8.55. The number of aromatic nitrogens is 6. The zero-order valence-electron chi connectivity index (χ0n) is 25.6. The van der Waals surface area contributed by atoms with Crippen molar-refractivity contribution in [3.8, 4) is 17.1 Å². The summed E-state index contributed by atoms with van der Waals surface area (Å²) in [7, 11) is 3.49. The standard InChI is InChI=1S/C31H37ClN10O3/c1-19-27(31(44)42(39(19)2)24-7-5-4-6-22(24)32)30(43)36-20-8-12-40(13-9-20)26-18-35-29(33)28(38-26)23-16-34-17-25(37-23)41-14-10-21(45-3)11-15-41/h4-7,16-18,20-21H,8-15H2,1-3H3,(H2,33,35)(H,36,43). The van der Waals surface area contributed by atoms with E-state index < -0.39 is 11.5 Å². The molecule has 0 unspecified atom stereocenters. The number of rotatable bonds is 7. The monoisotopic (exact) mass is 632 g/mol. The zero-order chi connectivity index (χ0) is 31.7. The molecule has 2 fully saturated rings. The van der Waals surface area contributed by atoms with Crippen molar-refractivity contribution in [1.29, 1.82) is 0 Å². The van der Waals surface area contributed by atoms with Crippen LogP contribution < -0.4 is 26.4 Å². The molecule has 6 rings (SSSR count). The van der Waals surface area contributed by atoms with Crippen molar-refractivity contribution >= 4 is 35.0 Å². The number of benzene rings is 1. The number of amides is 1. The number of methoxy groups -OCH3 is 1. The van der Waals surface area contributed by atoms with Crippen molar-refractivity contribution in [3.05, 3.63) is 69.5 Å². The molecule has 14 heteroatoms. The summed E-state index contributed by atoms with van der Waals surface area (Å²) in [5.74, 6) is 1.35. The lowest BCUT2D eigenvalue weighted by molar-refractivity contribution is 0.0818. The lowest BCUT2D eigenvalue weighted by Crippen LogP contribution is -2.46. The van der Waals surface area contributed by atoms with E-state index in [2.05, 4.69) is 25.1 Å². The van der Waals surface area contributed by atoms with Gasteiger partial charge in [-0.1, -0.05) is 23.7 Å². The molecule has 13 nitrogen and oxygen atoms in total. The minimum atomic E-state index is -0.408. The van der Waals surface area contributed by atoms with Crippen molar-refractivity contribution in [1.82, 2.24) is 34.6 Å². The topological polar surface area (TPSA) is 149 Å². The predicted octanol–water partition coefficient (Wildman–Crippen LogP) is 2.98. The van der Waals surface area contributed by atoms with Crippen LogP contribution in [0.2, 0.25) is 5.02 Å². The molecular weight excluding hydrogens is 596 g/mol. The molecule has 5 heterocycles. The first-order valence-electron chi connectivity index (χ1n) is 15.1. The maximum atomic E-state index is 13.4. The van der Waals surface area contributed by atoms with E-state index >= 15 is 0 Å². The number of carbonyl (C=O) groups is 1. The van der Waals surface area contributed by atoms with Gasteiger partial charge in [-0.15, -0.1) is 0 Å². The van der Waals surface area contributed by atoms with Gasteiger partial charge in [-0.2, -0.15) is 0 Å². The number of nitrogens with two attached hydrogens (primary N) is 1. The minimum Gasteiger partial charge on any atom is -0.382 e. The fourth-order valence-corrected chi connectivity index (χ4v) is 6.26. The maximum Gasteiger partial charge on any atom is 0.284 e. The number of ether oxygens (including phenoxy) is 1. The zero-order valence-corrected chi connectivity index (χ0v) is 26.4. The number of anilines is 3. The highest BCUT2D eigenvalue weighted by Gasteiger charge is 2.28. The largest absolute Gasteiger partial charge is 0.382 e. The number of hydrogen-bond acceptors (Lipinski definition) is 10. The van der Waals surface area contributed by atoms with Gasteiger partial charge in [0.15, 0.2) is 5.82 Å². The number of nitrogens with zero attached hydrogens (tertiary/aromatic N) is 8. The van der Waals surface area contributed by atoms with Gasteiger partial charge in [0.05, 0.1) is 41.1 Å². The van der Waals surface area contributed by atoms with Gasteiger partial charge in [0.25, 0.3) is 11.5 Å². The van der Waals surface area contributed by atoms with E-state index in [0.29, 0.717) is 59.5 Å². The van der Waals surface area contributed by atoms with Gasteiger partial charge >= 0.3 is 0 Å². The Morgan fingerprint density at radius 2 is 1.67 bits per heavy atom. The highest BCUT2D eigenvalue weighted by molar-refractivity contribution is 6.32. The molecule has 236 valence electrons. The van der Waals surface area contributed by atoms with E-state index in [1.807, 2.05) is 0 Å². The van der Waals surface area contributed by atoms with Gasteiger partial charge in [0.2, 0.25) is 0 Å². The molecule has 2 aliphatic heterocycles. The van der Waals surface area contributed by atoms with E-state index in [1.54, 1.807) is 68.6 Å². The molecule has 0 radical (unpaired) electrons. The summed E-state index contributed by atoms with van der Waals surface area (Å²) in [5.41, 5.74) is 8.09. The fraction of sp³-hybridized carbons (Fsp3) is 0.419. The highest BCUT2D eigenvalue weighted by Crippen LogP contribution is 2.27. The van der Waals surface area contributed by atoms with Crippen molar-refractivity contribution < 1.29 is 9.53 Å². The summed E-state index contributed by atoms with van der Waals surface area (Å²) in [6.45, 7) is 4.71. The Balaban J connectivity index is 1.12. The maximum absolute atomic E-state index is 13.4. The van der Waals surface area contributed by atoms with Gasteiger partial charge in [-0.25, -0.2) is 19.6 Å². The van der Waals surface area contributed by atoms with E-state index in [4.69, 9.17) is 32.0 Å². The quantitative estimate of drug-likeness (QED) is 0.311. The Hall–Kier alpha value is -4.49. The Morgan fingerprint density at radius 3 is 2.36 bits per heavy atom. The van der Waals surface area contributed by atoms with E-state index in [-0.39, 0.29) is 23.5 Å². The third-order valence-electron chi connectivity index (χ3n) is 8.77.